The Morgan fingerprint density at radius 2 is 1.73 bits per heavy atom. The van der Waals surface area contributed by atoms with Gasteiger partial charge in [-0.05, 0) is 50.5 Å². The van der Waals surface area contributed by atoms with Crippen LogP contribution in [0.15, 0.2) is 23.0 Å². The Bertz CT molecular complexity index is 394. The monoisotopic (exact) mass is 316 g/mol. The third-order valence-electron chi connectivity index (χ3n) is 4.36. The molecule has 0 saturated heterocycles. The summed E-state index contributed by atoms with van der Waals surface area (Å²) in [5.41, 5.74) is 0.704. The minimum Gasteiger partial charge on any atom is -0.491 e. The highest BCUT2D eigenvalue weighted by atomic mass is 19.2. The molecule has 1 aliphatic rings. The van der Waals surface area contributed by atoms with E-state index in [4.69, 9.17) is 9.47 Å². The zero-order chi connectivity index (χ0) is 16.5. The van der Waals surface area contributed by atoms with Gasteiger partial charge in [0.15, 0.2) is 17.4 Å². The fraction of sp³-hybridized carbons (Fsp3) is 0.778. The van der Waals surface area contributed by atoms with Crippen LogP contribution in [0.2, 0.25) is 0 Å². The van der Waals surface area contributed by atoms with Crippen molar-refractivity contribution >= 4 is 0 Å². The number of ether oxygens (including phenoxy) is 2. The molecule has 0 aliphatic heterocycles. The maximum Gasteiger partial charge on any atom is 0.198 e. The lowest BCUT2D eigenvalue weighted by Gasteiger charge is -2.25. The summed E-state index contributed by atoms with van der Waals surface area (Å²) in [6.07, 6.45) is 5.26. The lowest BCUT2D eigenvalue weighted by atomic mass is 9.83. The van der Waals surface area contributed by atoms with Gasteiger partial charge in [-0.1, -0.05) is 26.7 Å². The van der Waals surface area contributed by atoms with E-state index in [0.29, 0.717) is 31.1 Å². The average molecular weight is 316 g/mol. The molecule has 2 nitrogen and oxygen atoms in total. The second-order valence-corrected chi connectivity index (χ2v) is 6.26. The summed E-state index contributed by atoms with van der Waals surface area (Å²) in [5, 5.41) is 0. The number of halogens is 2. The smallest absolute Gasteiger partial charge is 0.198 e. The van der Waals surface area contributed by atoms with E-state index in [1.54, 1.807) is 13.8 Å². The Balaban J connectivity index is 2.52. The van der Waals surface area contributed by atoms with Crippen molar-refractivity contribution in [3.63, 3.8) is 0 Å². The largest absolute Gasteiger partial charge is 0.491 e. The van der Waals surface area contributed by atoms with Crippen molar-refractivity contribution in [3.05, 3.63) is 23.0 Å². The number of allylic oxidation sites excluding steroid dienone is 2. The van der Waals surface area contributed by atoms with E-state index in [1.807, 2.05) is 6.92 Å². The molecule has 0 atom stereocenters. The van der Waals surface area contributed by atoms with Crippen LogP contribution in [0, 0.1) is 11.8 Å². The van der Waals surface area contributed by atoms with Crippen LogP contribution in [-0.2, 0) is 9.47 Å². The molecule has 22 heavy (non-hydrogen) atoms. The fourth-order valence-electron chi connectivity index (χ4n) is 2.68. The molecule has 0 aromatic heterocycles. The Kier molecular flexibility index (Phi) is 8.69. The van der Waals surface area contributed by atoms with Crippen molar-refractivity contribution in [1.82, 2.24) is 0 Å². The first-order valence-corrected chi connectivity index (χ1v) is 8.44. The van der Waals surface area contributed by atoms with Crippen LogP contribution in [0.25, 0.3) is 0 Å². The van der Waals surface area contributed by atoms with Gasteiger partial charge in [-0.15, -0.1) is 0 Å². The standard InChI is InChI=1S/C18H30F2O2/c1-5-14(4)18(22-6-2)17(20)16(19)12-21-11-15-9-7-13(3)8-10-15/h13,15H,5-12H2,1-4H3/b17-16-,18-14+. The van der Waals surface area contributed by atoms with Crippen LogP contribution in [0.4, 0.5) is 8.78 Å². The van der Waals surface area contributed by atoms with Crippen LogP contribution in [0.3, 0.4) is 0 Å². The molecule has 128 valence electrons. The highest BCUT2D eigenvalue weighted by molar-refractivity contribution is 5.27. The van der Waals surface area contributed by atoms with Gasteiger partial charge < -0.3 is 9.47 Å². The van der Waals surface area contributed by atoms with Crippen molar-refractivity contribution in [3.8, 4) is 0 Å². The summed E-state index contributed by atoms with van der Waals surface area (Å²) in [6.45, 7) is 8.16. The molecule has 1 rings (SSSR count). The summed E-state index contributed by atoms with van der Waals surface area (Å²) in [7, 11) is 0. The Morgan fingerprint density at radius 1 is 1.09 bits per heavy atom. The Hall–Kier alpha value is -0.900. The van der Waals surface area contributed by atoms with Crippen LogP contribution in [0.1, 0.15) is 59.8 Å². The van der Waals surface area contributed by atoms with E-state index in [1.165, 1.54) is 12.8 Å². The highest BCUT2D eigenvalue weighted by Crippen LogP contribution is 2.29. The molecule has 1 aliphatic carbocycles. The second kappa shape index (κ2) is 9.98. The third-order valence-corrected chi connectivity index (χ3v) is 4.36. The fourth-order valence-corrected chi connectivity index (χ4v) is 2.68. The van der Waals surface area contributed by atoms with Crippen LogP contribution in [-0.4, -0.2) is 19.8 Å². The maximum absolute atomic E-state index is 14.1. The average Bonchev–Trinajstić information content (AvgIpc) is 2.53. The van der Waals surface area contributed by atoms with Crippen LogP contribution < -0.4 is 0 Å². The van der Waals surface area contributed by atoms with Gasteiger partial charge in [0.25, 0.3) is 0 Å². The molecule has 4 heteroatoms. The molecular weight excluding hydrogens is 286 g/mol. The number of hydrogen-bond donors (Lipinski definition) is 0. The summed E-state index contributed by atoms with van der Waals surface area (Å²) in [5.74, 6) is -0.510. The predicted octanol–water partition coefficient (Wildman–Crippen LogP) is 5.70. The Morgan fingerprint density at radius 3 is 2.27 bits per heavy atom. The van der Waals surface area contributed by atoms with Crippen molar-refractivity contribution in [2.24, 2.45) is 11.8 Å². The summed E-state index contributed by atoms with van der Waals surface area (Å²) < 4.78 is 38.7. The van der Waals surface area contributed by atoms with E-state index >= 15 is 0 Å². The van der Waals surface area contributed by atoms with Gasteiger partial charge in [-0.25, -0.2) is 4.39 Å². The molecule has 0 spiro atoms. The predicted molar refractivity (Wildman–Crippen MR) is 85.8 cm³/mol. The van der Waals surface area contributed by atoms with Crippen molar-refractivity contribution in [1.29, 1.82) is 0 Å². The molecule has 0 bridgehead atoms. The molecule has 0 heterocycles. The molecule has 0 aromatic carbocycles. The molecule has 0 aromatic rings. The van der Waals surface area contributed by atoms with Gasteiger partial charge in [-0.2, -0.15) is 4.39 Å². The zero-order valence-electron chi connectivity index (χ0n) is 14.4. The van der Waals surface area contributed by atoms with E-state index in [-0.39, 0.29) is 12.4 Å². The van der Waals surface area contributed by atoms with Gasteiger partial charge in [-0.3, -0.25) is 0 Å². The van der Waals surface area contributed by atoms with E-state index in [9.17, 15) is 8.78 Å². The van der Waals surface area contributed by atoms with Gasteiger partial charge >= 0.3 is 0 Å². The van der Waals surface area contributed by atoms with E-state index in [2.05, 4.69) is 6.92 Å². The zero-order valence-corrected chi connectivity index (χ0v) is 14.4. The number of hydrogen-bond acceptors (Lipinski definition) is 2. The molecular formula is C18H30F2O2. The minimum atomic E-state index is -0.918. The highest BCUT2D eigenvalue weighted by Gasteiger charge is 2.20. The molecule has 0 radical (unpaired) electrons. The molecule has 0 unspecified atom stereocenters. The quantitative estimate of drug-likeness (QED) is 0.422. The first-order valence-electron chi connectivity index (χ1n) is 8.44. The first-order chi connectivity index (χ1) is 10.5. The summed E-state index contributed by atoms with van der Waals surface area (Å²) in [6, 6.07) is 0. The van der Waals surface area contributed by atoms with Gasteiger partial charge in [0.2, 0.25) is 0 Å². The van der Waals surface area contributed by atoms with Crippen LogP contribution in [0.5, 0.6) is 0 Å². The first kappa shape index (κ1) is 19.1. The lowest BCUT2D eigenvalue weighted by molar-refractivity contribution is 0.0834. The van der Waals surface area contributed by atoms with Crippen molar-refractivity contribution in [2.45, 2.75) is 59.8 Å². The second-order valence-electron chi connectivity index (χ2n) is 6.26. The Labute approximate surface area is 133 Å². The molecule has 1 fully saturated rings. The third kappa shape index (κ3) is 6.07. The van der Waals surface area contributed by atoms with Gasteiger partial charge in [0, 0.05) is 6.61 Å². The molecule has 0 N–H and O–H groups in total. The topological polar surface area (TPSA) is 18.5 Å². The molecule has 1 saturated carbocycles. The minimum absolute atomic E-state index is 0.0255. The summed E-state index contributed by atoms with van der Waals surface area (Å²) in [4.78, 5) is 0. The van der Waals surface area contributed by atoms with E-state index < -0.39 is 11.7 Å². The van der Waals surface area contributed by atoms with Crippen molar-refractivity contribution < 1.29 is 18.3 Å². The van der Waals surface area contributed by atoms with Gasteiger partial charge in [0.05, 0.1) is 6.61 Å². The lowest BCUT2D eigenvalue weighted by Crippen LogP contribution is -2.17. The summed E-state index contributed by atoms with van der Waals surface area (Å²) >= 11 is 0. The van der Waals surface area contributed by atoms with Crippen molar-refractivity contribution in [2.75, 3.05) is 19.8 Å². The van der Waals surface area contributed by atoms with E-state index in [0.717, 1.165) is 18.8 Å². The van der Waals surface area contributed by atoms with Gasteiger partial charge in [0.1, 0.15) is 6.61 Å². The maximum atomic E-state index is 14.1. The molecule has 0 amide bonds. The number of rotatable bonds is 8. The van der Waals surface area contributed by atoms with Crippen LogP contribution >= 0.6 is 0 Å². The SMILES string of the molecule is CCOC(/C(F)=C(/F)COCC1CCC(C)CC1)=C(\C)CC. The normalized spacial score (nSPS) is 24.6.